The number of piperazine rings is 1. The number of carbonyl (C=O) groups excluding carboxylic acids is 1. The first-order valence-corrected chi connectivity index (χ1v) is 10.1. The first-order chi connectivity index (χ1) is 14.0. The topological polar surface area (TPSA) is 64.1 Å². The molecule has 2 aliphatic heterocycles. The number of para-hydroxylation sites is 1. The summed E-state index contributed by atoms with van der Waals surface area (Å²) in [6.07, 6.45) is 0.377. The fraction of sp³-hybridized carbons (Fsp3) is 0.391. The Kier molecular flexibility index (Phi) is 5.65. The largest absolute Gasteiger partial charge is 0.480 e. The van der Waals surface area contributed by atoms with E-state index in [4.69, 9.17) is 0 Å². The van der Waals surface area contributed by atoms with Gasteiger partial charge in [-0.1, -0.05) is 48.0 Å². The van der Waals surface area contributed by atoms with Gasteiger partial charge in [-0.3, -0.25) is 19.5 Å². The smallest absolute Gasteiger partial charge is 0.327 e. The number of aliphatic carboxylic acids is 1. The maximum Gasteiger partial charge on any atom is 0.327 e. The lowest BCUT2D eigenvalue weighted by atomic mass is 10.1. The quantitative estimate of drug-likeness (QED) is 0.843. The second kappa shape index (κ2) is 8.35. The van der Waals surface area contributed by atoms with Gasteiger partial charge in [-0.25, -0.2) is 4.79 Å². The van der Waals surface area contributed by atoms with E-state index in [-0.39, 0.29) is 12.5 Å². The molecule has 6 heteroatoms. The Hall–Kier alpha value is -2.70. The summed E-state index contributed by atoms with van der Waals surface area (Å²) in [5, 5.41) is 9.59. The van der Waals surface area contributed by atoms with E-state index >= 15 is 0 Å². The third kappa shape index (κ3) is 4.33. The van der Waals surface area contributed by atoms with E-state index in [0.29, 0.717) is 6.42 Å². The Morgan fingerprint density at radius 1 is 0.966 bits per heavy atom. The Labute approximate surface area is 171 Å². The zero-order valence-electron chi connectivity index (χ0n) is 16.8. The molecule has 2 aliphatic rings. The predicted molar refractivity (Wildman–Crippen MR) is 112 cm³/mol. The number of amides is 1. The Balaban J connectivity index is 1.34. The van der Waals surface area contributed by atoms with E-state index in [1.807, 2.05) is 24.3 Å². The molecule has 1 N–H and O–H groups in total. The molecule has 29 heavy (non-hydrogen) atoms. The molecule has 0 radical (unpaired) electrons. The molecular weight excluding hydrogens is 366 g/mol. The van der Waals surface area contributed by atoms with Crippen molar-refractivity contribution >= 4 is 17.6 Å². The number of carboxylic acid groups (broad SMARTS) is 1. The van der Waals surface area contributed by atoms with Crippen LogP contribution in [0.3, 0.4) is 0 Å². The predicted octanol–water partition coefficient (Wildman–Crippen LogP) is 2.16. The van der Waals surface area contributed by atoms with Crippen molar-refractivity contribution in [3.63, 3.8) is 0 Å². The fourth-order valence-corrected chi connectivity index (χ4v) is 4.22. The summed E-state index contributed by atoms with van der Waals surface area (Å²) >= 11 is 0. The number of nitrogens with zero attached hydrogens (tertiary/aromatic N) is 3. The average molecular weight is 393 g/mol. The van der Waals surface area contributed by atoms with Crippen LogP contribution < -0.4 is 4.90 Å². The van der Waals surface area contributed by atoms with Crippen LogP contribution in [0.2, 0.25) is 0 Å². The second-order valence-corrected chi connectivity index (χ2v) is 7.99. The highest BCUT2D eigenvalue weighted by molar-refractivity contribution is 6.02. The van der Waals surface area contributed by atoms with Gasteiger partial charge in [0.25, 0.3) is 0 Å². The normalized spacial score (nSPS) is 19.9. The van der Waals surface area contributed by atoms with Gasteiger partial charge in [0.2, 0.25) is 5.91 Å². The third-order valence-corrected chi connectivity index (χ3v) is 5.88. The van der Waals surface area contributed by atoms with Crippen molar-refractivity contribution in [3.8, 4) is 0 Å². The van der Waals surface area contributed by atoms with Crippen LogP contribution >= 0.6 is 0 Å². The zero-order chi connectivity index (χ0) is 20.4. The van der Waals surface area contributed by atoms with Crippen LogP contribution in [0, 0.1) is 6.92 Å². The zero-order valence-corrected chi connectivity index (χ0v) is 16.8. The van der Waals surface area contributed by atoms with Crippen molar-refractivity contribution < 1.29 is 14.7 Å². The molecule has 0 aliphatic carbocycles. The van der Waals surface area contributed by atoms with Gasteiger partial charge in [-0.05, 0) is 24.1 Å². The van der Waals surface area contributed by atoms with Crippen molar-refractivity contribution in [2.24, 2.45) is 0 Å². The summed E-state index contributed by atoms with van der Waals surface area (Å²) in [7, 11) is 0. The summed E-state index contributed by atoms with van der Waals surface area (Å²) in [5.74, 6) is -1.08. The van der Waals surface area contributed by atoms with Gasteiger partial charge >= 0.3 is 5.97 Å². The molecule has 0 bridgehead atoms. The van der Waals surface area contributed by atoms with Crippen molar-refractivity contribution in [1.29, 1.82) is 0 Å². The minimum absolute atomic E-state index is 0.130. The molecule has 1 atom stereocenters. The molecule has 0 spiro atoms. The van der Waals surface area contributed by atoms with Crippen LogP contribution in [0.4, 0.5) is 5.69 Å². The van der Waals surface area contributed by atoms with E-state index < -0.39 is 12.0 Å². The number of benzene rings is 2. The van der Waals surface area contributed by atoms with Gasteiger partial charge in [0.15, 0.2) is 0 Å². The Bertz CT molecular complexity index is 888. The van der Waals surface area contributed by atoms with Gasteiger partial charge in [-0.2, -0.15) is 0 Å². The van der Waals surface area contributed by atoms with E-state index in [2.05, 4.69) is 41.0 Å². The number of aryl methyl sites for hydroxylation is 1. The maximum absolute atomic E-state index is 13.0. The maximum atomic E-state index is 13.0. The summed E-state index contributed by atoms with van der Waals surface area (Å²) in [5.41, 5.74) is 4.23. The SMILES string of the molecule is Cc1ccc(CN2CCN(CC(=O)N3c4ccccc4C[C@H]3C(=O)O)CC2)cc1. The average Bonchev–Trinajstić information content (AvgIpc) is 3.11. The van der Waals surface area contributed by atoms with Crippen LogP contribution in [0.15, 0.2) is 48.5 Å². The highest BCUT2D eigenvalue weighted by Crippen LogP contribution is 2.32. The first-order valence-electron chi connectivity index (χ1n) is 10.1. The summed E-state index contributed by atoms with van der Waals surface area (Å²) in [6, 6.07) is 15.3. The molecular formula is C23H27N3O3. The molecule has 2 aromatic carbocycles. The molecule has 2 heterocycles. The molecule has 4 rings (SSSR count). The molecule has 1 amide bonds. The lowest BCUT2D eigenvalue weighted by Gasteiger charge is -2.35. The monoisotopic (exact) mass is 393 g/mol. The van der Waals surface area contributed by atoms with Gasteiger partial charge in [0.1, 0.15) is 6.04 Å². The minimum atomic E-state index is -0.947. The van der Waals surface area contributed by atoms with Crippen LogP contribution in [-0.2, 0) is 22.6 Å². The number of carbonyl (C=O) groups is 2. The lowest BCUT2D eigenvalue weighted by Crippen LogP contribution is -2.52. The number of fused-ring (bicyclic) bond motifs is 1. The van der Waals surface area contributed by atoms with Gasteiger partial charge in [0.05, 0.1) is 6.54 Å². The van der Waals surface area contributed by atoms with Crippen LogP contribution in [0.5, 0.6) is 0 Å². The minimum Gasteiger partial charge on any atom is -0.480 e. The lowest BCUT2D eigenvalue weighted by molar-refractivity contribution is -0.140. The highest BCUT2D eigenvalue weighted by Gasteiger charge is 2.38. The molecule has 0 saturated carbocycles. The first kappa shape index (κ1) is 19.6. The second-order valence-electron chi connectivity index (χ2n) is 7.99. The molecule has 0 unspecified atom stereocenters. The van der Waals surface area contributed by atoms with Crippen molar-refractivity contribution in [3.05, 3.63) is 65.2 Å². The van der Waals surface area contributed by atoms with E-state index in [9.17, 15) is 14.7 Å². The van der Waals surface area contributed by atoms with E-state index in [1.165, 1.54) is 16.0 Å². The van der Waals surface area contributed by atoms with Gasteiger partial charge in [-0.15, -0.1) is 0 Å². The highest BCUT2D eigenvalue weighted by atomic mass is 16.4. The molecule has 2 aromatic rings. The molecule has 0 aromatic heterocycles. The molecule has 152 valence electrons. The Morgan fingerprint density at radius 3 is 2.31 bits per heavy atom. The van der Waals surface area contributed by atoms with Crippen molar-refractivity contribution in [2.75, 3.05) is 37.6 Å². The number of carboxylic acids is 1. The summed E-state index contributed by atoms with van der Waals surface area (Å²) in [4.78, 5) is 30.7. The van der Waals surface area contributed by atoms with Crippen molar-refractivity contribution in [1.82, 2.24) is 9.80 Å². The fourth-order valence-electron chi connectivity index (χ4n) is 4.22. The van der Waals surface area contributed by atoms with Crippen molar-refractivity contribution in [2.45, 2.75) is 25.9 Å². The number of hydrogen-bond acceptors (Lipinski definition) is 4. The van der Waals surface area contributed by atoms with E-state index in [1.54, 1.807) is 0 Å². The summed E-state index contributed by atoms with van der Waals surface area (Å²) in [6.45, 7) is 6.70. The number of rotatable bonds is 5. The van der Waals surface area contributed by atoms with Gasteiger partial charge in [0, 0.05) is 44.8 Å². The standard InChI is InChI=1S/C23H27N3O3/c1-17-6-8-18(9-7-17)15-24-10-12-25(13-11-24)16-22(27)26-20-5-3-2-4-19(20)14-21(26)23(28)29/h2-9,21H,10-16H2,1H3,(H,28,29)/t21-/m0/s1. The van der Waals surface area contributed by atoms with Crippen LogP contribution in [0.1, 0.15) is 16.7 Å². The number of anilines is 1. The number of hydrogen-bond donors (Lipinski definition) is 1. The molecule has 1 saturated heterocycles. The third-order valence-electron chi connectivity index (χ3n) is 5.88. The molecule has 1 fully saturated rings. The van der Waals surface area contributed by atoms with Crippen LogP contribution in [0.25, 0.3) is 0 Å². The van der Waals surface area contributed by atoms with Gasteiger partial charge < -0.3 is 5.11 Å². The van der Waals surface area contributed by atoms with E-state index in [0.717, 1.165) is 44.0 Å². The van der Waals surface area contributed by atoms with Crippen LogP contribution in [-0.4, -0.2) is 65.5 Å². The molecule has 6 nitrogen and oxygen atoms in total. The summed E-state index contributed by atoms with van der Waals surface area (Å²) < 4.78 is 0. The Morgan fingerprint density at radius 2 is 1.62 bits per heavy atom.